The van der Waals surface area contributed by atoms with E-state index in [0.717, 1.165) is 5.56 Å². The molecule has 1 rings (SSSR count). The first-order valence-electron chi connectivity index (χ1n) is 4.09. The van der Waals surface area contributed by atoms with Crippen molar-refractivity contribution < 1.29 is 5.21 Å². The maximum Gasteiger partial charge on any atom is 0.189 e. The number of hydrogen-bond acceptors (Lipinski definition) is 3. The molecule has 13 heavy (non-hydrogen) atoms. The molecule has 0 aliphatic heterocycles. The second-order valence-electron chi connectivity index (χ2n) is 3.08. The predicted octanol–water partition coefficient (Wildman–Crippen LogP) is 1.30. The molecule has 4 nitrogen and oxygen atoms in total. The minimum Gasteiger partial charge on any atom is -0.409 e. The summed E-state index contributed by atoms with van der Waals surface area (Å²) in [6, 6.07) is 3.76. The summed E-state index contributed by atoms with van der Waals surface area (Å²) < 4.78 is 0. The first kappa shape index (κ1) is 9.51. The molecule has 0 aliphatic carbocycles. The van der Waals surface area contributed by atoms with E-state index in [1.165, 1.54) is 0 Å². The summed E-state index contributed by atoms with van der Waals surface area (Å²) in [6.45, 7) is 4.07. The largest absolute Gasteiger partial charge is 0.409 e. The van der Waals surface area contributed by atoms with Gasteiger partial charge in [0.2, 0.25) is 0 Å². The number of rotatable bonds is 2. The van der Waals surface area contributed by atoms with Crippen LogP contribution in [0, 0.1) is 0 Å². The Morgan fingerprint density at radius 3 is 2.85 bits per heavy atom. The lowest BCUT2D eigenvalue weighted by Crippen LogP contribution is -2.17. The van der Waals surface area contributed by atoms with Crippen LogP contribution in [-0.2, 0) is 0 Å². The van der Waals surface area contributed by atoms with Crippen molar-refractivity contribution in [3.8, 4) is 0 Å². The summed E-state index contributed by atoms with van der Waals surface area (Å²) in [7, 11) is 0. The molecular formula is C9H13N3O. The summed E-state index contributed by atoms with van der Waals surface area (Å²) in [5.74, 6) is 0.369. The van der Waals surface area contributed by atoms with Crippen molar-refractivity contribution >= 4 is 5.84 Å². The Balaban J connectivity index is 3.20. The molecule has 0 aliphatic rings. The maximum absolute atomic E-state index is 8.52. The number of aromatic nitrogens is 1. The highest BCUT2D eigenvalue weighted by Crippen LogP contribution is 2.16. The molecule has 0 atom stereocenters. The minimum absolute atomic E-state index is 0.0595. The van der Waals surface area contributed by atoms with Gasteiger partial charge >= 0.3 is 0 Å². The Bertz CT molecular complexity index is 320. The molecule has 0 radical (unpaired) electrons. The molecule has 1 aromatic heterocycles. The van der Waals surface area contributed by atoms with Gasteiger partial charge in [-0.1, -0.05) is 25.1 Å². The van der Waals surface area contributed by atoms with Crippen LogP contribution in [0.15, 0.2) is 23.5 Å². The van der Waals surface area contributed by atoms with E-state index in [0.29, 0.717) is 11.6 Å². The van der Waals surface area contributed by atoms with Crippen LogP contribution in [0.4, 0.5) is 0 Å². The molecule has 0 saturated carbocycles. The lowest BCUT2D eigenvalue weighted by Gasteiger charge is -2.09. The Labute approximate surface area is 77.1 Å². The van der Waals surface area contributed by atoms with Gasteiger partial charge in [-0.25, -0.2) is 0 Å². The number of hydrogen-bond donors (Lipinski definition) is 2. The van der Waals surface area contributed by atoms with Gasteiger partial charge in [0.05, 0.1) is 0 Å². The van der Waals surface area contributed by atoms with Crippen LogP contribution in [0.1, 0.15) is 31.0 Å². The van der Waals surface area contributed by atoms with Gasteiger partial charge in [0, 0.05) is 6.20 Å². The molecule has 0 saturated heterocycles. The third-order valence-corrected chi connectivity index (χ3v) is 1.81. The van der Waals surface area contributed by atoms with Crippen molar-refractivity contribution in [2.75, 3.05) is 0 Å². The van der Waals surface area contributed by atoms with Crippen LogP contribution in [0.5, 0.6) is 0 Å². The normalized spacial score (nSPS) is 12.1. The van der Waals surface area contributed by atoms with Crippen LogP contribution in [0.2, 0.25) is 0 Å². The lowest BCUT2D eigenvalue weighted by atomic mass is 10.0. The fourth-order valence-electron chi connectivity index (χ4n) is 1.15. The highest BCUT2D eigenvalue weighted by molar-refractivity contribution is 5.96. The van der Waals surface area contributed by atoms with Crippen LogP contribution >= 0.6 is 0 Å². The predicted molar refractivity (Wildman–Crippen MR) is 50.8 cm³/mol. The van der Waals surface area contributed by atoms with Crippen LogP contribution < -0.4 is 5.73 Å². The van der Waals surface area contributed by atoms with Crippen molar-refractivity contribution in [1.29, 1.82) is 0 Å². The monoisotopic (exact) mass is 179 g/mol. The van der Waals surface area contributed by atoms with Gasteiger partial charge in [-0.15, -0.1) is 0 Å². The van der Waals surface area contributed by atoms with Gasteiger partial charge in [0.25, 0.3) is 0 Å². The van der Waals surface area contributed by atoms with Crippen LogP contribution in [0.3, 0.4) is 0 Å². The summed E-state index contributed by atoms with van der Waals surface area (Å²) in [6.07, 6.45) is 1.62. The zero-order valence-corrected chi connectivity index (χ0v) is 7.73. The second kappa shape index (κ2) is 3.89. The Kier molecular flexibility index (Phi) is 2.84. The number of nitrogens with two attached hydrogens (primary N) is 1. The van der Waals surface area contributed by atoms with Crippen molar-refractivity contribution in [2.24, 2.45) is 10.9 Å². The molecule has 0 bridgehead atoms. The summed E-state index contributed by atoms with van der Waals surface area (Å²) in [5, 5.41) is 11.5. The number of amidine groups is 1. The average molecular weight is 179 g/mol. The van der Waals surface area contributed by atoms with Gasteiger partial charge in [-0.05, 0) is 17.5 Å². The fourth-order valence-corrected chi connectivity index (χ4v) is 1.15. The molecule has 1 heterocycles. The molecule has 0 spiro atoms. The van der Waals surface area contributed by atoms with Gasteiger partial charge in [-0.2, -0.15) is 0 Å². The van der Waals surface area contributed by atoms with E-state index in [2.05, 4.69) is 10.1 Å². The van der Waals surface area contributed by atoms with E-state index in [9.17, 15) is 0 Å². The van der Waals surface area contributed by atoms with Crippen molar-refractivity contribution in [2.45, 2.75) is 19.8 Å². The van der Waals surface area contributed by atoms with Gasteiger partial charge in [-0.3, -0.25) is 4.98 Å². The lowest BCUT2D eigenvalue weighted by molar-refractivity contribution is 0.318. The summed E-state index contributed by atoms with van der Waals surface area (Å²) >= 11 is 0. The van der Waals surface area contributed by atoms with Gasteiger partial charge in [0.15, 0.2) is 5.84 Å². The quantitative estimate of drug-likeness (QED) is 0.311. The smallest absolute Gasteiger partial charge is 0.189 e. The first-order chi connectivity index (χ1) is 6.16. The average Bonchev–Trinajstić information content (AvgIpc) is 2.16. The molecule has 0 amide bonds. The number of nitrogens with zero attached hydrogens (tertiary/aromatic N) is 2. The van der Waals surface area contributed by atoms with E-state index in [1.807, 2.05) is 26.0 Å². The maximum atomic E-state index is 8.52. The van der Waals surface area contributed by atoms with E-state index in [4.69, 9.17) is 10.9 Å². The molecule has 70 valence electrons. The highest BCUT2D eigenvalue weighted by Gasteiger charge is 2.10. The van der Waals surface area contributed by atoms with Crippen molar-refractivity contribution in [1.82, 2.24) is 4.98 Å². The van der Waals surface area contributed by atoms with Crippen LogP contribution in [-0.4, -0.2) is 16.0 Å². The molecule has 0 fully saturated rings. The molecule has 0 aromatic carbocycles. The Morgan fingerprint density at radius 2 is 2.31 bits per heavy atom. The van der Waals surface area contributed by atoms with Gasteiger partial charge in [0.1, 0.15) is 5.69 Å². The molecule has 4 heteroatoms. The zero-order valence-electron chi connectivity index (χ0n) is 7.73. The van der Waals surface area contributed by atoms with Crippen molar-refractivity contribution in [3.05, 3.63) is 29.6 Å². The standard InChI is InChI=1S/C9H13N3O/c1-6(2)7-4-3-5-11-8(7)9(10)12-13/h3-6,13H,1-2H3,(H2,10,12). The Morgan fingerprint density at radius 1 is 1.62 bits per heavy atom. The Hall–Kier alpha value is -1.58. The van der Waals surface area contributed by atoms with E-state index in [-0.39, 0.29) is 5.84 Å². The van der Waals surface area contributed by atoms with Gasteiger partial charge < -0.3 is 10.9 Å². The fraction of sp³-hybridized carbons (Fsp3) is 0.333. The van der Waals surface area contributed by atoms with E-state index in [1.54, 1.807) is 6.20 Å². The molecule has 0 unspecified atom stereocenters. The third-order valence-electron chi connectivity index (χ3n) is 1.81. The second-order valence-corrected chi connectivity index (χ2v) is 3.08. The van der Waals surface area contributed by atoms with E-state index < -0.39 is 0 Å². The van der Waals surface area contributed by atoms with Crippen LogP contribution in [0.25, 0.3) is 0 Å². The number of pyridine rings is 1. The summed E-state index contributed by atoms with van der Waals surface area (Å²) in [5.41, 5.74) is 7.01. The minimum atomic E-state index is 0.0595. The third kappa shape index (κ3) is 1.96. The number of oxime groups is 1. The van der Waals surface area contributed by atoms with E-state index >= 15 is 0 Å². The molecule has 1 aromatic rings. The zero-order chi connectivity index (χ0) is 9.84. The topological polar surface area (TPSA) is 71.5 Å². The molecular weight excluding hydrogens is 166 g/mol. The summed E-state index contributed by atoms with van der Waals surface area (Å²) in [4.78, 5) is 4.05. The highest BCUT2D eigenvalue weighted by atomic mass is 16.4. The SMILES string of the molecule is CC(C)c1cccnc1/C(N)=N/O. The first-order valence-corrected chi connectivity index (χ1v) is 4.09. The van der Waals surface area contributed by atoms with Crippen molar-refractivity contribution in [3.63, 3.8) is 0 Å². The molecule has 3 N–H and O–H groups in total.